The summed E-state index contributed by atoms with van der Waals surface area (Å²) in [5, 5.41) is 8.39. The largest absolute Gasteiger partial charge is 0.480 e. The number of halogens is 2. The van der Waals surface area contributed by atoms with Crippen molar-refractivity contribution in [1.82, 2.24) is 0 Å². The molecule has 0 bridgehead atoms. The third kappa shape index (κ3) is 6.30. The number of rotatable bonds is 8. The van der Waals surface area contributed by atoms with Gasteiger partial charge in [-0.3, -0.25) is 4.79 Å². The molecule has 0 radical (unpaired) electrons. The highest BCUT2D eigenvalue weighted by Crippen LogP contribution is 2.27. The molecule has 0 aromatic carbocycles. The maximum absolute atomic E-state index is 12.9. The van der Waals surface area contributed by atoms with Crippen LogP contribution in [0.15, 0.2) is 0 Å². The van der Waals surface area contributed by atoms with Crippen LogP contribution in [0.1, 0.15) is 40.0 Å². The van der Waals surface area contributed by atoms with E-state index in [9.17, 15) is 13.6 Å². The minimum absolute atomic E-state index is 0.0224. The molecule has 1 unspecified atom stereocenters. The van der Waals surface area contributed by atoms with Gasteiger partial charge in [-0.15, -0.1) is 11.8 Å². The molecule has 0 aromatic rings. The molecule has 5 heteroatoms. The summed E-state index contributed by atoms with van der Waals surface area (Å²) in [5.41, 5.74) is 0. The highest BCUT2D eigenvalue weighted by Gasteiger charge is 2.26. The molecule has 0 saturated heterocycles. The second-order valence-electron chi connectivity index (χ2n) is 4.19. The van der Waals surface area contributed by atoms with E-state index >= 15 is 0 Å². The Hall–Kier alpha value is -0.320. The summed E-state index contributed by atoms with van der Waals surface area (Å²) in [4.78, 5) is 10.8. The highest BCUT2D eigenvalue weighted by atomic mass is 32.2. The predicted octanol–water partition coefficient (Wildman–Crippen LogP) is 3.65. The first-order chi connectivity index (χ1) is 7.30. The van der Waals surface area contributed by atoms with Crippen LogP contribution in [0.4, 0.5) is 8.78 Å². The molecule has 0 aromatic heterocycles. The van der Waals surface area contributed by atoms with E-state index in [1.165, 1.54) is 18.7 Å². The van der Waals surface area contributed by atoms with Gasteiger partial charge >= 0.3 is 5.97 Å². The first kappa shape index (κ1) is 15.7. The molecular formula is C11H20F2O2S. The summed E-state index contributed by atoms with van der Waals surface area (Å²) in [6.07, 6.45) is 0.0626. The van der Waals surface area contributed by atoms with E-state index in [2.05, 4.69) is 0 Å². The zero-order chi connectivity index (χ0) is 12.8. The molecule has 0 saturated carbocycles. The normalized spacial score (nSPS) is 14.1. The highest BCUT2D eigenvalue weighted by molar-refractivity contribution is 8.00. The lowest BCUT2D eigenvalue weighted by Crippen LogP contribution is -2.23. The molecule has 0 aliphatic heterocycles. The van der Waals surface area contributed by atoms with Gasteiger partial charge in [-0.25, -0.2) is 8.78 Å². The van der Waals surface area contributed by atoms with Gasteiger partial charge in [-0.2, -0.15) is 0 Å². The van der Waals surface area contributed by atoms with E-state index in [1.807, 2.05) is 13.8 Å². The molecule has 96 valence electrons. The topological polar surface area (TPSA) is 37.3 Å². The molecule has 0 aliphatic carbocycles. The molecule has 0 aliphatic rings. The lowest BCUT2D eigenvalue weighted by Gasteiger charge is -2.17. The van der Waals surface area contributed by atoms with E-state index in [4.69, 9.17) is 5.11 Å². The molecule has 1 N–H and O–H groups in total. The Balaban J connectivity index is 3.84. The van der Waals surface area contributed by atoms with Crippen LogP contribution in [0, 0.1) is 5.92 Å². The van der Waals surface area contributed by atoms with Crippen LogP contribution in [0.25, 0.3) is 0 Å². The second-order valence-corrected chi connectivity index (χ2v) is 5.44. The molecule has 0 amide bonds. The van der Waals surface area contributed by atoms with Crippen molar-refractivity contribution in [2.45, 2.75) is 51.2 Å². The molecule has 0 fully saturated rings. The van der Waals surface area contributed by atoms with Crippen LogP contribution in [-0.4, -0.2) is 28.0 Å². The maximum atomic E-state index is 12.9. The fourth-order valence-electron chi connectivity index (χ4n) is 1.27. The first-order valence-electron chi connectivity index (χ1n) is 5.52. The fourth-order valence-corrected chi connectivity index (χ4v) is 2.36. The van der Waals surface area contributed by atoms with Crippen molar-refractivity contribution in [3.8, 4) is 0 Å². The maximum Gasteiger partial charge on any atom is 0.316 e. The summed E-state index contributed by atoms with van der Waals surface area (Å²) < 4.78 is 25.7. The lowest BCUT2D eigenvalue weighted by molar-refractivity contribution is -0.137. The van der Waals surface area contributed by atoms with Gasteiger partial charge in [0, 0.05) is 12.8 Å². The van der Waals surface area contributed by atoms with Crippen LogP contribution in [0.5, 0.6) is 0 Å². The van der Waals surface area contributed by atoms with Gasteiger partial charge in [-0.05, 0) is 18.1 Å². The van der Waals surface area contributed by atoms with Gasteiger partial charge in [-0.1, -0.05) is 20.8 Å². The fraction of sp³-hybridized carbons (Fsp3) is 0.909. The Morgan fingerprint density at radius 3 is 2.38 bits per heavy atom. The minimum atomic E-state index is -2.60. The monoisotopic (exact) mass is 254 g/mol. The van der Waals surface area contributed by atoms with Crippen molar-refractivity contribution < 1.29 is 18.7 Å². The standard InChI is InChI=1S/C11H20F2O2S/c1-4-11(12,13)6-5-7-16-9(8(2)3)10(14)15/h8-9H,4-7H2,1-3H3,(H,14,15). The predicted molar refractivity (Wildman–Crippen MR) is 63.2 cm³/mol. The van der Waals surface area contributed by atoms with E-state index in [0.29, 0.717) is 12.2 Å². The van der Waals surface area contributed by atoms with Crippen LogP contribution in [-0.2, 0) is 4.79 Å². The number of alkyl halides is 2. The van der Waals surface area contributed by atoms with Crippen molar-refractivity contribution in [2.24, 2.45) is 5.92 Å². The first-order valence-corrected chi connectivity index (χ1v) is 6.57. The van der Waals surface area contributed by atoms with Crippen LogP contribution in [0.2, 0.25) is 0 Å². The Bertz CT molecular complexity index is 220. The molecule has 16 heavy (non-hydrogen) atoms. The number of aliphatic carboxylic acids is 1. The third-order valence-electron chi connectivity index (χ3n) is 2.35. The van der Waals surface area contributed by atoms with Gasteiger partial charge in [0.25, 0.3) is 0 Å². The van der Waals surface area contributed by atoms with Crippen molar-refractivity contribution in [3.63, 3.8) is 0 Å². The number of carbonyl (C=O) groups is 1. The van der Waals surface area contributed by atoms with Crippen molar-refractivity contribution >= 4 is 17.7 Å². The van der Waals surface area contributed by atoms with Crippen molar-refractivity contribution in [1.29, 1.82) is 0 Å². The molecule has 0 heterocycles. The number of hydrogen-bond acceptors (Lipinski definition) is 2. The molecule has 0 rings (SSSR count). The molecule has 0 spiro atoms. The number of carboxylic acids is 1. The minimum Gasteiger partial charge on any atom is -0.480 e. The van der Waals surface area contributed by atoms with Crippen molar-refractivity contribution in [2.75, 3.05) is 5.75 Å². The lowest BCUT2D eigenvalue weighted by atomic mass is 10.1. The molecule has 2 nitrogen and oxygen atoms in total. The third-order valence-corrected chi connectivity index (χ3v) is 3.98. The summed E-state index contributed by atoms with van der Waals surface area (Å²) in [7, 11) is 0. The smallest absolute Gasteiger partial charge is 0.316 e. The van der Waals surface area contributed by atoms with E-state index in [0.717, 1.165) is 0 Å². The van der Waals surface area contributed by atoms with Gasteiger partial charge < -0.3 is 5.11 Å². The molecular weight excluding hydrogens is 234 g/mol. The number of thioether (sulfide) groups is 1. The van der Waals surface area contributed by atoms with Crippen LogP contribution < -0.4 is 0 Å². The molecule has 1 atom stereocenters. The van der Waals surface area contributed by atoms with E-state index in [-0.39, 0.29) is 18.8 Å². The Morgan fingerprint density at radius 1 is 1.44 bits per heavy atom. The van der Waals surface area contributed by atoms with Gasteiger partial charge in [0.1, 0.15) is 5.25 Å². The zero-order valence-electron chi connectivity index (χ0n) is 10.0. The number of carboxylic acid groups (broad SMARTS) is 1. The van der Waals surface area contributed by atoms with Gasteiger partial charge in [0.05, 0.1) is 0 Å². The quantitative estimate of drug-likeness (QED) is 0.672. The Kier molecular flexibility index (Phi) is 6.95. The van der Waals surface area contributed by atoms with Crippen molar-refractivity contribution in [3.05, 3.63) is 0 Å². The van der Waals surface area contributed by atoms with Crippen LogP contribution in [0.3, 0.4) is 0 Å². The summed E-state index contributed by atoms with van der Waals surface area (Å²) >= 11 is 1.26. The average molecular weight is 254 g/mol. The summed E-state index contributed by atoms with van der Waals surface area (Å²) in [6.45, 7) is 5.11. The van der Waals surface area contributed by atoms with E-state index < -0.39 is 17.1 Å². The summed E-state index contributed by atoms with van der Waals surface area (Å²) in [5.74, 6) is -2.96. The van der Waals surface area contributed by atoms with E-state index in [1.54, 1.807) is 0 Å². The van der Waals surface area contributed by atoms with Gasteiger partial charge in [0.15, 0.2) is 0 Å². The van der Waals surface area contributed by atoms with Crippen LogP contribution >= 0.6 is 11.8 Å². The second kappa shape index (κ2) is 7.09. The Morgan fingerprint density at radius 2 is 2.00 bits per heavy atom. The SMILES string of the molecule is CCC(F)(F)CCCSC(C(=O)O)C(C)C. The summed E-state index contributed by atoms with van der Waals surface area (Å²) in [6, 6.07) is 0. The van der Waals surface area contributed by atoms with Gasteiger partial charge in [0.2, 0.25) is 5.92 Å². The Labute approximate surface area is 99.8 Å². The zero-order valence-corrected chi connectivity index (χ0v) is 10.8. The number of hydrogen-bond donors (Lipinski definition) is 1. The average Bonchev–Trinajstić information content (AvgIpc) is 2.16.